The molecule has 11 heavy (non-hydrogen) atoms. The lowest BCUT2D eigenvalue weighted by Crippen LogP contribution is -1.76. The van der Waals surface area contributed by atoms with Gasteiger partial charge in [-0.1, -0.05) is 0 Å². The number of hydrogen-bond donors (Lipinski definition) is 0. The van der Waals surface area contributed by atoms with Gasteiger partial charge in [0.05, 0.1) is 6.26 Å². The third-order valence-corrected chi connectivity index (χ3v) is 1.48. The summed E-state index contributed by atoms with van der Waals surface area (Å²) in [7, 11) is 0. The van der Waals surface area contributed by atoms with Crippen LogP contribution in [-0.2, 0) is 0 Å². The molecular formula is C8H4N2O. The minimum absolute atomic E-state index is 0.479. The molecule has 0 amide bonds. The van der Waals surface area contributed by atoms with Crippen molar-refractivity contribution in [1.29, 1.82) is 5.26 Å². The molecule has 0 aliphatic heterocycles. The zero-order chi connectivity index (χ0) is 7.68. The van der Waals surface area contributed by atoms with Crippen molar-refractivity contribution >= 4 is 11.0 Å². The average Bonchev–Trinajstić information content (AvgIpc) is 2.50. The molecule has 0 saturated carbocycles. The molecule has 0 unspecified atom stereocenters. The number of furan rings is 1. The molecule has 0 aliphatic rings. The van der Waals surface area contributed by atoms with Gasteiger partial charge in [0.2, 0.25) is 0 Å². The highest BCUT2D eigenvalue weighted by atomic mass is 16.3. The van der Waals surface area contributed by atoms with E-state index in [0.717, 1.165) is 5.39 Å². The molecule has 52 valence electrons. The average molecular weight is 144 g/mol. The fourth-order valence-corrected chi connectivity index (χ4v) is 0.970. The van der Waals surface area contributed by atoms with Gasteiger partial charge in [-0.15, -0.1) is 0 Å². The summed E-state index contributed by atoms with van der Waals surface area (Å²) in [5.74, 6) is 0. The van der Waals surface area contributed by atoms with Gasteiger partial charge in [0, 0.05) is 17.8 Å². The van der Waals surface area contributed by atoms with Crippen molar-refractivity contribution in [2.24, 2.45) is 0 Å². The van der Waals surface area contributed by atoms with Crippen LogP contribution in [0.3, 0.4) is 0 Å². The molecule has 0 aromatic carbocycles. The van der Waals surface area contributed by atoms with Crippen molar-refractivity contribution in [3.63, 3.8) is 0 Å². The van der Waals surface area contributed by atoms with Crippen molar-refractivity contribution in [2.45, 2.75) is 0 Å². The number of pyridine rings is 1. The number of nitriles is 1. The van der Waals surface area contributed by atoms with Crippen LogP contribution in [-0.4, -0.2) is 4.98 Å². The van der Waals surface area contributed by atoms with Gasteiger partial charge in [-0.3, -0.25) is 4.98 Å². The molecule has 2 heterocycles. The first-order chi connectivity index (χ1) is 5.42. The third-order valence-electron chi connectivity index (χ3n) is 1.48. The van der Waals surface area contributed by atoms with Crippen LogP contribution in [0.25, 0.3) is 11.0 Å². The van der Waals surface area contributed by atoms with Gasteiger partial charge < -0.3 is 4.42 Å². The molecule has 0 bridgehead atoms. The van der Waals surface area contributed by atoms with Crippen LogP contribution in [0.15, 0.2) is 29.1 Å². The summed E-state index contributed by atoms with van der Waals surface area (Å²) in [5, 5.41) is 9.47. The molecule has 0 aliphatic carbocycles. The maximum atomic E-state index is 8.60. The lowest BCUT2D eigenvalue weighted by atomic mass is 10.2. The van der Waals surface area contributed by atoms with Crippen LogP contribution < -0.4 is 0 Å². The first kappa shape index (κ1) is 5.93. The highest BCUT2D eigenvalue weighted by Crippen LogP contribution is 2.16. The van der Waals surface area contributed by atoms with Gasteiger partial charge in [0.15, 0.2) is 5.58 Å². The van der Waals surface area contributed by atoms with E-state index in [2.05, 4.69) is 4.98 Å². The van der Waals surface area contributed by atoms with Crippen LogP contribution in [0.4, 0.5) is 0 Å². The summed E-state index contributed by atoms with van der Waals surface area (Å²) >= 11 is 0. The summed E-state index contributed by atoms with van der Waals surface area (Å²) in [4.78, 5) is 3.87. The Balaban J connectivity index is 2.92. The number of aromatic nitrogens is 1. The van der Waals surface area contributed by atoms with E-state index >= 15 is 0 Å². The van der Waals surface area contributed by atoms with E-state index in [4.69, 9.17) is 9.68 Å². The predicted octanol–water partition coefficient (Wildman–Crippen LogP) is 1.70. The van der Waals surface area contributed by atoms with Crippen molar-refractivity contribution < 1.29 is 4.42 Å². The lowest BCUT2D eigenvalue weighted by Gasteiger charge is -1.87. The molecule has 3 nitrogen and oxygen atoms in total. The molecule has 3 heteroatoms. The molecule has 0 saturated heterocycles. The number of rotatable bonds is 0. The van der Waals surface area contributed by atoms with E-state index in [1.54, 1.807) is 18.5 Å². The lowest BCUT2D eigenvalue weighted by molar-refractivity contribution is 0.614. The van der Waals surface area contributed by atoms with Crippen LogP contribution in [0.2, 0.25) is 0 Å². The molecular weight excluding hydrogens is 140 g/mol. The Labute approximate surface area is 62.9 Å². The zero-order valence-electron chi connectivity index (χ0n) is 5.61. The molecule has 0 atom stereocenters. The third kappa shape index (κ3) is 0.767. The summed E-state index contributed by atoms with van der Waals surface area (Å²) in [6, 6.07) is 3.78. The predicted molar refractivity (Wildman–Crippen MR) is 38.7 cm³/mol. The number of hydrogen-bond acceptors (Lipinski definition) is 3. The van der Waals surface area contributed by atoms with E-state index in [0.29, 0.717) is 11.1 Å². The fourth-order valence-electron chi connectivity index (χ4n) is 0.970. The van der Waals surface area contributed by atoms with Crippen molar-refractivity contribution in [3.05, 3.63) is 30.3 Å². The van der Waals surface area contributed by atoms with Crippen LogP contribution in [0.1, 0.15) is 5.56 Å². The summed E-state index contributed by atoms with van der Waals surface area (Å²) in [6.45, 7) is 0. The van der Waals surface area contributed by atoms with E-state index in [-0.39, 0.29) is 0 Å². The van der Waals surface area contributed by atoms with Gasteiger partial charge in [0.1, 0.15) is 11.6 Å². The summed E-state index contributed by atoms with van der Waals surface area (Å²) in [5.41, 5.74) is 1.09. The molecule has 0 fully saturated rings. The SMILES string of the molecule is N#Cc1cncc2ccoc12. The Hall–Kier alpha value is -1.82. The van der Waals surface area contributed by atoms with E-state index in [1.165, 1.54) is 6.20 Å². The summed E-state index contributed by atoms with van der Waals surface area (Å²) < 4.78 is 5.08. The van der Waals surface area contributed by atoms with Crippen molar-refractivity contribution in [1.82, 2.24) is 4.98 Å². The zero-order valence-corrected chi connectivity index (χ0v) is 5.61. The monoisotopic (exact) mass is 144 g/mol. The molecule has 0 N–H and O–H groups in total. The first-order valence-corrected chi connectivity index (χ1v) is 3.13. The fraction of sp³-hybridized carbons (Fsp3) is 0. The van der Waals surface area contributed by atoms with Crippen molar-refractivity contribution in [3.8, 4) is 6.07 Å². The second-order valence-corrected chi connectivity index (χ2v) is 2.14. The van der Waals surface area contributed by atoms with Crippen LogP contribution >= 0.6 is 0 Å². The smallest absolute Gasteiger partial charge is 0.154 e. The Morgan fingerprint density at radius 1 is 1.45 bits per heavy atom. The van der Waals surface area contributed by atoms with Gasteiger partial charge in [-0.2, -0.15) is 5.26 Å². The molecule has 2 aromatic rings. The molecule has 0 spiro atoms. The Morgan fingerprint density at radius 3 is 3.18 bits per heavy atom. The van der Waals surface area contributed by atoms with Gasteiger partial charge in [-0.25, -0.2) is 0 Å². The maximum Gasteiger partial charge on any atom is 0.154 e. The van der Waals surface area contributed by atoms with E-state index < -0.39 is 0 Å². The normalized spacial score (nSPS) is 9.73. The van der Waals surface area contributed by atoms with Crippen LogP contribution in [0, 0.1) is 11.3 Å². The second-order valence-electron chi connectivity index (χ2n) is 2.14. The highest BCUT2D eigenvalue weighted by Gasteiger charge is 2.01. The Kier molecular flexibility index (Phi) is 1.13. The summed E-state index contributed by atoms with van der Waals surface area (Å²) in [6.07, 6.45) is 4.71. The maximum absolute atomic E-state index is 8.60. The largest absolute Gasteiger partial charge is 0.463 e. The topological polar surface area (TPSA) is 49.8 Å². The molecule has 2 aromatic heterocycles. The van der Waals surface area contributed by atoms with E-state index in [1.807, 2.05) is 6.07 Å². The Bertz CT molecular complexity index is 425. The molecule has 0 radical (unpaired) electrons. The quantitative estimate of drug-likeness (QED) is 0.565. The minimum atomic E-state index is 0.479. The van der Waals surface area contributed by atoms with Gasteiger partial charge in [0.25, 0.3) is 0 Å². The second kappa shape index (κ2) is 2.10. The highest BCUT2D eigenvalue weighted by molar-refractivity contribution is 5.81. The van der Waals surface area contributed by atoms with Gasteiger partial charge >= 0.3 is 0 Å². The number of fused-ring (bicyclic) bond motifs is 1. The van der Waals surface area contributed by atoms with Crippen molar-refractivity contribution in [2.75, 3.05) is 0 Å². The van der Waals surface area contributed by atoms with Gasteiger partial charge in [-0.05, 0) is 6.07 Å². The van der Waals surface area contributed by atoms with E-state index in [9.17, 15) is 0 Å². The van der Waals surface area contributed by atoms with Crippen LogP contribution in [0.5, 0.6) is 0 Å². The standard InChI is InChI=1S/C8H4N2O/c9-3-7-5-10-4-6-1-2-11-8(6)7/h1-2,4-5H. The first-order valence-electron chi connectivity index (χ1n) is 3.13. The number of nitrogens with zero attached hydrogens (tertiary/aromatic N) is 2. The minimum Gasteiger partial charge on any atom is -0.463 e. The molecule has 2 rings (SSSR count). The Morgan fingerprint density at radius 2 is 2.36 bits per heavy atom.